The van der Waals surface area contributed by atoms with Crippen molar-refractivity contribution in [2.24, 2.45) is 0 Å². The van der Waals surface area contributed by atoms with Crippen molar-refractivity contribution in [3.05, 3.63) is 48.1 Å². The Bertz CT molecular complexity index is 822. The summed E-state index contributed by atoms with van der Waals surface area (Å²) in [5.74, 6) is 0.858. The lowest BCUT2D eigenvalue weighted by Gasteiger charge is -2.40. The molecule has 9 heteroatoms. The minimum Gasteiger partial charge on any atom is -0.392 e. The molecule has 4 heterocycles. The van der Waals surface area contributed by atoms with Gasteiger partial charge in [-0.05, 0) is 31.6 Å². The number of dihydropyridines is 1. The maximum absolute atomic E-state index is 13.0. The normalized spacial score (nSPS) is 23.8. The average molecular weight is 384 g/mol. The van der Waals surface area contributed by atoms with Gasteiger partial charge in [-0.1, -0.05) is 12.1 Å². The average Bonchev–Trinajstić information content (AvgIpc) is 3.11. The number of allylic oxidation sites excluding steroid dienone is 1. The van der Waals surface area contributed by atoms with Crippen LogP contribution in [0.2, 0.25) is 0 Å². The Morgan fingerprint density at radius 1 is 1.43 bits per heavy atom. The third-order valence-corrected chi connectivity index (χ3v) is 5.06. The van der Waals surface area contributed by atoms with E-state index in [1.807, 2.05) is 12.1 Å². The Hall–Kier alpha value is -3.07. The van der Waals surface area contributed by atoms with E-state index in [9.17, 15) is 14.7 Å². The van der Waals surface area contributed by atoms with Crippen LogP contribution in [0.4, 0.5) is 10.6 Å². The molecule has 0 radical (unpaired) electrons. The van der Waals surface area contributed by atoms with Crippen molar-refractivity contribution in [2.45, 2.75) is 31.5 Å². The number of hydrogen-bond acceptors (Lipinski definition) is 6. The molecular formula is C19H24N6O3. The SMILES string of the molecule is CC(O)CNC(=O)C1C=CC2=C(N1)N(C(=O)Nc1ccccn1)[C@H]1CCN2C1. The van der Waals surface area contributed by atoms with E-state index in [1.54, 1.807) is 36.2 Å². The first-order chi connectivity index (χ1) is 13.5. The first-order valence-electron chi connectivity index (χ1n) is 9.44. The van der Waals surface area contributed by atoms with Crippen LogP contribution in [0.25, 0.3) is 0 Å². The fourth-order valence-corrected chi connectivity index (χ4v) is 3.72. The van der Waals surface area contributed by atoms with Crippen LogP contribution in [-0.4, -0.2) is 69.7 Å². The van der Waals surface area contributed by atoms with E-state index < -0.39 is 12.1 Å². The van der Waals surface area contributed by atoms with E-state index in [4.69, 9.17) is 0 Å². The topological polar surface area (TPSA) is 110 Å². The van der Waals surface area contributed by atoms with E-state index >= 15 is 0 Å². The number of fused-ring (bicyclic) bond motifs is 3. The molecule has 1 aromatic heterocycles. The van der Waals surface area contributed by atoms with Crippen molar-refractivity contribution < 1.29 is 14.7 Å². The number of aliphatic hydroxyl groups is 1. The Labute approximate surface area is 163 Å². The number of urea groups is 1. The van der Waals surface area contributed by atoms with Crippen LogP contribution in [-0.2, 0) is 4.79 Å². The first-order valence-corrected chi connectivity index (χ1v) is 9.44. The van der Waals surface area contributed by atoms with Crippen molar-refractivity contribution >= 4 is 17.8 Å². The van der Waals surface area contributed by atoms with Crippen molar-refractivity contribution in [3.63, 3.8) is 0 Å². The second-order valence-corrected chi connectivity index (χ2v) is 7.21. The molecule has 1 aromatic rings. The predicted molar refractivity (Wildman–Crippen MR) is 103 cm³/mol. The molecule has 3 aliphatic heterocycles. The van der Waals surface area contributed by atoms with E-state index in [0.29, 0.717) is 11.6 Å². The molecule has 0 aromatic carbocycles. The molecule has 2 unspecified atom stereocenters. The molecule has 1 saturated heterocycles. The number of pyridine rings is 1. The van der Waals surface area contributed by atoms with Gasteiger partial charge >= 0.3 is 6.03 Å². The van der Waals surface area contributed by atoms with Crippen molar-refractivity contribution in [2.75, 3.05) is 25.0 Å². The standard InChI is InChI=1S/C19H24N6O3/c1-12(26)10-21-18(27)14-5-6-15-17(22-14)25(13-7-9-24(15)11-13)19(28)23-16-4-2-3-8-20-16/h2-6,8,12-14,22,26H,7,9-11H2,1H3,(H,21,27)(H,20,23,28)/t12?,13-,14?/m0/s1. The molecule has 4 rings (SSSR count). The molecule has 3 atom stereocenters. The van der Waals surface area contributed by atoms with Crippen LogP contribution >= 0.6 is 0 Å². The van der Waals surface area contributed by atoms with Gasteiger partial charge in [0.1, 0.15) is 17.7 Å². The van der Waals surface area contributed by atoms with E-state index in [2.05, 4.69) is 25.8 Å². The van der Waals surface area contributed by atoms with Crippen LogP contribution in [0.5, 0.6) is 0 Å². The number of carbonyl (C=O) groups excluding carboxylic acids is 2. The molecule has 3 amide bonds. The number of aliphatic hydroxyl groups excluding tert-OH is 1. The number of anilines is 1. The second kappa shape index (κ2) is 7.51. The molecule has 2 bridgehead atoms. The number of aromatic nitrogens is 1. The minimum absolute atomic E-state index is 0.0302. The first kappa shape index (κ1) is 18.3. The summed E-state index contributed by atoms with van der Waals surface area (Å²) >= 11 is 0. The van der Waals surface area contributed by atoms with Crippen molar-refractivity contribution in [1.29, 1.82) is 0 Å². The summed E-state index contributed by atoms with van der Waals surface area (Å²) in [5.41, 5.74) is 0.907. The molecule has 9 nitrogen and oxygen atoms in total. The zero-order valence-electron chi connectivity index (χ0n) is 15.6. The van der Waals surface area contributed by atoms with Crippen LogP contribution in [0.1, 0.15) is 13.3 Å². The lowest BCUT2D eigenvalue weighted by molar-refractivity contribution is -0.122. The largest absolute Gasteiger partial charge is 0.392 e. The minimum atomic E-state index is -0.622. The summed E-state index contributed by atoms with van der Waals surface area (Å²) in [6.45, 7) is 3.41. The predicted octanol–water partition coefficient (Wildman–Crippen LogP) is 0.198. The van der Waals surface area contributed by atoms with E-state index in [-0.39, 0.29) is 24.5 Å². The molecule has 0 spiro atoms. The van der Waals surface area contributed by atoms with Gasteiger partial charge < -0.3 is 20.6 Å². The Kier molecular flexibility index (Phi) is 4.91. The van der Waals surface area contributed by atoms with Gasteiger partial charge in [0, 0.05) is 25.8 Å². The van der Waals surface area contributed by atoms with Gasteiger partial charge in [-0.25, -0.2) is 9.78 Å². The summed E-state index contributed by atoms with van der Waals surface area (Å²) in [5, 5.41) is 18.1. The monoisotopic (exact) mass is 384 g/mol. The lowest BCUT2D eigenvalue weighted by atomic mass is 10.1. The second-order valence-electron chi connectivity index (χ2n) is 7.21. The van der Waals surface area contributed by atoms with Crippen molar-refractivity contribution in [3.8, 4) is 0 Å². The van der Waals surface area contributed by atoms with Gasteiger partial charge in [-0.15, -0.1) is 0 Å². The number of carbonyl (C=O) groups is 2. The molecular weight excluding hydrogens is 360 g/mol. The molecule has 3 aliphatic rings. The van der Waals surface area contributed by atoms with Gasteiger partial charge in [0.2, 0.25) is 5.91 Å². The highest BCUT2D eigenvalue weighted by Gasteiger charge is 2.42. The van der Waals surface area contributed by atoms with E-state index in [1.165, 1.54) is 0 Å². The van der Waals surface area contributed by atoms with Crippen LogP contribution in [0, 0.1) is 0 Å². The quantitative estimate of drug-likeness (QED) is 0.590. The highest BCUT2D eigenvalue weighted by atomic mass is 16.3. The number of nitrogens with one attached hydrogen (secondary N) is 3. The third kappa shape index (κ3) is 3.53. The van der Waals surface area contributed by atoms with Gasteiger partial charge in [0.05, 0.1) is 17.8 Å². The summed E-state index contributed by atoms with van der Waals surface area (Å²) in [4.78, 5) is 33.5. The zero-order chi connectivity index (χ0) is 19.7. The van der Waals surface area contributed by atoms with Gasteiger partial charge in [-0.3, -0.25) is 15.0 Å². The number of amides is 3. The van der Waals surface area contributed by atoms with Crippen molar-refractivity contribution in [1.82, 2.24) is 25.4 Å². The summed E-state index contributed by atoms with van der Waals surface area (Å²) in [6.07, 6.45) is 5.53. The zero-order valence-corrected chi connectivity index (χ0v) is 15.6. The summed E-state index contributed by atoms with van der Waals surface area (Å²) in [6, 6.07) is 4.48. The molecule has 1 fully saturated rings. The third-order valence-electron chi connectivity index (χ3n) is 5.06. The Morgan fingerprint density at radius 2 is 2.29 bits per heavy atom. The lowest BCUT2D eigenvalue weighted by Crippen LogP contribution is -2.56. The molecule has 4 N–H and O–H groups in total. The number of nitrogens with zero attached hydrogens (tertiary/aromatic N) is 3. The fraction of sp³-hybridized carbons (Fsp3) is 0.421. The maximum Gasteiger partial charge on any atom is 0.328 e. The van der Waals surface area contributed by atoms with Crippen LogP contribution in [0.15, 0.2) is 48.1 Å². The fourth-order valence-electron chi connectivity index (χ4n) is 3.72. The van der Waals surface area contributed by atoms with Gasteiger partial charge in [-0.2, -0.15) is 0 Å². The maximum atomic E-state index is 13.0. The number of hydrogen-bond donors (Lipinski definition) is 4. The molecule has 0 aliphatic carbocycles. The smallest absolute Gasteiger partial charge is 0.328 e. The molecule has 0 saturated carbocycles. The van der Waals surface area contributed by atoms with Gasteiger partial charge in [0.15, 0.2) is 0 Å². The molecule has 148 valence electrons. The van der Waals surface area contributed by atoms with Crippen LogP contribution in [0.3, 0.4) is 0 Å². The van der Waals surface area contributed by atoms with E-state index in [0.717, 1.165) is 25.2 Å². The summed E-state index contributed by atoms with van der Waals surface area (Å²) < 4.78 is 0. The Balaban J connectivity index is 1.54. The summed E-state index contributed by atoms with van der Waals surface area (Å²) in [7, 11) is 0. The van der Waals surface area contributed by atoms with Gasteiger partial charge in [0.25, 0.3) is 0 Å². The van der Waals surface area contributed by atoms with Crippen LogP contribution < -0.4 is 16.0 Å². The number of rotatable bonds is 4. The Morgan fingerprint density at radius 3 is 3.04 bits per heavy atom. The highest BCUT2D eigenvalue weighted by Crippen LogP contribution is 2.33. The highest BCUT2D eigenvalue weighted by molar-refractivity contribution is 5.91. The molecule has 28 heavy (non-hydrogen) atoms.